The molecule has 3 rings (SSSR count). The third-order valence-electron chi connectivity index (χ3n) is 5.80. The molecule has 0 aromatic heterocycles. The number of hydrogen-bond donors (Lipinski definition) is 2. The Kier molecular flexibility index (Phi) is 8.28. The van der Waals surface area contributed by atoms with Crippen LogP contribution in [0.2, 0.25) is 0 Å². The van der Waals surface area contributed by atoms with E-state index < -0.39 is 97.4 Å². The van der Waals surface area contributed by atoms with Crippen molar-refractivity contribution in [3.05, 3.63) is 58.1 Å². The van der Waals surface area contributed by atoms with E-state index >= 15 is 0 Å². The maximum absolute atomic E-state index is 13.5. The van der Waals surface area contributed by atoms with Gasteiger partial charge in [0, 0.05) is 29.8 Å². The number of rotatable bonds is 10. The highest BCUT2D eigenvalue weighted by Gasteiger charge is 2.41. The average molecular weight is 625 g/mol. The van der Waals surface area contributed by atoms with Crippen LogP contribution in [0, 0.1) is 0 Å². The third-order valence-corrected chi connectivity index (χ3v) is 13.0. The quantitative estimate of drug-likeness (QED) is 0.302. The smallest absolute Gasteiger partial charge is 0.289 e. The Labute approximate surface area is 226 Å². The van der Waals surface area contributed by atoms with Gasteiger partial charge in [-0.05, 0) is 42.3 Å². The molecule has 0 radical (unpaired) electrons. The molecule has 2 N–H and O–H groups in total. The molecule has 0 spiro atoms. The second kappa shape index (κ2) is 10.4. The monoisotopic (exact) mass is 624 g/mol. The van der Waals surface area contributed by atoms with Gasteiger partial charge < -0.3 is 0 Å². The predicted octanol–water partition coefficient (Wildman–Crippen LogP) is 1.04. The topological polar surface area (TPSA) is 218 Å². The molecule has 1 aliphatic carbocycles. The highest BCUT2D eigenvalue weighted by atomic mass is 32.3. The van der Waals surface area contributed by atoms with Gasteiger partial charge in [-0.3, -0.25) is 18.7 Å². The molecule has 0 fully saturated rings. The molecule has 2 aromatic rings. The molecule has 14 nitrogen and oxygen atoms in total. The highest BCUT2D eigenvalue weighted by Crippen LogP contribution is 2.36. The summed E-state index contributed by atoms with van der Waals surface area (Å²) < 4.78 is 118. The highest BCUT2D eigenvalue weighted by molar-refractivity contribution is 8.02. The van der Waals surface area contributed by atoms with Gasteiger partial charge in [0.2, 0.25) is 0 Å². The summed E-state index contributed by atoms with van der Waals surface area (Å²) in [5.74, 6) is -2.05. The normalized spacial score (nSPS) is 14.5. The molecule has 214 valence electrons. The molecule has 18 heteroatoms. The van der Waals surface area contributed by atoms with E-state index in [-0.39, 0.29) is 19.4 Å². The second-order valence-electron chi connectivity index (χ2n) is 8.28. The molecule has 2 aromatic carbocycles. The van der Waals surface area contributed by atoms with E-state index in [0.29, 0.717) is 6.42 Å². The van der Waals surface area contributed by atoms with E-state index in [1.807, 2.05) is 0 Å². The molecule has 0 atom stereocenters. The van der Waals surface area contributed by atoms with Gasteiger partial charge in [-0.25, -0.2) is 16.8 Å². The third kappa shape index (κ3) is 5.42. The van der Waals surface area contributed by atoms with Crippen molar-refractivity contribution in [2.45, 2.75) is 43.4 Å². The van der Waals surface area contributed by atoms with Crippen LogP contribution in [0.4, 0.5) is 0 Å². The number of carbonyl (C=O) groups is 2. The lowest BCUT2D eigenvalue weighted by Gasteiger charge is -2.24. The molecule has 0 saturated carbocycles. The Bertz CT molecular complexity index is 1810. The molecule has 0 saturated heterocycles. The van der Waals surface area contributed by atoms with Crippen LogP contribution in [0.3, 0.4) is 0 Å². The summed E-state index contributed by atoms with van der Waals surface area (Å²) >= 11 is 0. The fourth-order valence-electron chi connectivity index (χ4n) is 4.21. The Morgan fingerprint density at radius 2 is 1.21 bits per heavy atom. The molecule has 0 unspecified atom stereocenters. The van der Waals surface area contributed by atoms with Crippen LogP contribution in [-0.4, -0.2) is 74.9 Å². The van der Waals surface area contributed by atoms with E-state index in [9.17, 15) is 52.4 Å². The minimum Gasteiger partial charge on any atom is -0.289 e. The molecule has 0 heterocycles. The molecular weight excluding hydrogens is 601 g/mol. The maximum Gasteiger partial charge on any atom is 0.349 e. The van der Waals surface area contributed by atoms with Crippen molar-refractivity contribution in [2.24, 2.45) is 0 Å². The lowest BCUT2D eigenvalue weighted by Crippen LogP contribution is -2.38. The fraction of sp³-hybridized carbons (Fsp3) is 0.333. The van der Waals surface area contributed by atoms with Crippen LogP contribution >= 0.6 is 0 Å². The Morgan fingerprint density at radius 1 is 0.667 bits per heavy atom. The van der Waals surface area contributed by atoms with Crippen LogP contribution in [0.1, 0.15) is 64.6 Å². The minimum absolute atomic E-state index is 0.205. The maximum atomic E-state index is 13.5. The van der Waals surface area contributed by atoms with E-state index in [1.54, 1.807) is 6.92 Å². The van der Waals surface area contributed by atoms with Gasteiger partial charge in [-0.1, -0.05) is 34.6 Å². The molecule has 1 aliphatic rings. The first-order valence-corrected chi connectivity index (χ1v) is 16.9. The van der Waals surface area contributed by atoms with Crippen molar-refractivity contribution >= 4 is 52.2 Å². The Hall–Kier alpha value is -2.58. The molecule has 39 heavy (non-hydrogen) atoms. The number of hydrogen-bond acceptors (Lipinski definition) is 10. The van der Waals surface area contributed by atoms with E-state index in [1.165, 1.54) is 6.07 Å². The van der Waals surface area contributed by atoms with Gasteiger partial charge >= 0.3 is 20.6 Å². The zero-order chi connectivity index (χ0) is 29.7. The van der Waals surface area contributed by atoms with E-state index in [4.69, 9.17) is 0 Å². The molecule has 0 bridgehead atoms. The number of benzene rings is 2. The SMILES string of the molecule is CCCc1cc2c(c(S(=O)(=O)N(CC)S(=O)(=O)O)c1)C(=O)c1ccc(S(=O)(=O)N(CC)S(=O)(=O)O)cc1C2=O. The van der Waals surface area contributed by atoms with Gasteiger partial charge in [0.15, 0.2) is 11.6 Å². The first kappa shape index (κ1) is 31.0. The summed E-state index contributed by atoms with van der Waals surface area (Å²) in [7, 11) is -20.5. The minimum atomic E-state index is -5.30. The van der Waals surface area contributed by atoms with Crippen LogP contribution < -0.4 is 0 Å². The number of nitrogens with zero attached hydrogens (tertiary/aromatic N) is 2. The molecule has 0 aliphatic heterocycles. The summed E-state index contributed by atoms with van der Waals surface area (Å²) in [6, 6.07) is 4.67. The number of ketones is 2. The zero-order valence-electron chi connectivity index (χ0n) is 20.7. The Balaban J connectivity index is 2.34. The van der Waals surface area contributed by atoms with Crippen molar-refractivity contribution in [1.29, 1.82) is 0 Å². The number of fused-ring (bicyclic) bond motifs is 2. The van der Waals surface area contributed by atoms with Gasteiger partial charge in [0.05, 0.1) is 15.4 Å². The lowest BCUT2D eigenvalue weighted by atomic mass is 9.83. The largest absolute Gasteiger partial charge is 0.349 e. The molecular formula is C21H24N2O12S4. The van der Waals surface area contributed by atoms with Gasteiger partial charge in [0.25, 0.3) is 20.0 Å². The summed E-state index contributed by atoms with van der Waals surface area (Å²) in [6.45, 7) is 2.59. The van der Waals surface area contributed by atoms with E-state index in [2.05, 4.69) is 0 Å². The van der Waals surface area contributed by atoms with Crippen molar-refractivity contribution < 1.29 is 52.4 Å². The summed E-state index contributed by atoms with van der Waals surface area (Å²) in [4.78, 5) is 25.5. The van der Waals surface area contributed by atoms with Crippen LogP contribution in [0.25, 0.3) is 0 Å². The zero-order valence-corrected chi connectivity index (χ0v) is 24.0. The number of sulfonamides is 2. The summed E-state index contributed by atoms with van der Waals surface area (Å²) in [5.41, 5.74) is -1.81. The predicted molar refractivity (Wildman–Crippen MR) is 136 cm³/mol. The number of aryl methyl sites for hydroxylation is 1. The van der Waals surface area contributed by atoms with Crippen LogP contribution in [-0.2, 0) is 47.1 Å². The van der Waals surface area contributed by atoms with Crippen LogP contribution in [0.5, 0.6) is 0 Å². The Morgan fingerprint density at radius 3 is 1.69 bits per heavy atom. The fourth-order valence-corrected chi connectivity index (χ4v) is 9.75. The summed E-state index contributed by atoms with van der Waals surface area (Å²) in [5, 5.41) is 0. The van der Waals surface area contributed by atoms with Gasteiger partial charge in [0.1, 0.15) is 0 Å². The van der Waals surface area contributed by atoms with Crippen LogP contribution in [0.15, 0.2) is 40.1 Å². The van der Waals surface area contributed by atoms with E-state index in [0.717, 1.165) is 38.1 Å². The van der Waals surface area contributed by atoms with Gasteiger partial charge in [-0.2, -0.15) is 16.8 Å². The lowest BCUT2D eigenvalue weighted by molar-refractivity contribution is 0.0976. The van der Waals surface area contributed by atoms with Gasteiger partial charge in [-0.15, -0.1) is 0 Å². The number of carbonyl (C=O) groups excluding carboxylic acids is 2. The average Bonchev–Trinajstić information content (AvgIpc) is 2.80. The van der Waals surface area contributed by atoms with Crippen molar-refractivity contribution in [2.75, 3.05) is 13.1 Å². The first-order chi connectivity index (χ1) is 17.8. The second-order valence-corrected chi connectivity index (χ2v) is 15.1. The van der Waals surface area contributed by atoms with Crippen molar-refractivity contribution in [3.8, 4) is 0 Å². The van der Waals surface area contributed by atoms with Crippen molar-refractivity contribution in [3.63, 3.8) is 0 Å². The standard InChI is InChI=1S/C21H24N2O12S4/c1-4-7-13-10-17-19(18(11-13)37(28,29)23(6-3)39(33,34)35)21(25)15-9-8-14(12-16(15)20(17)24)36(26,27)22(5-2)38(30,31)32/h8-12H,4-7H2,1-3H3,(H,30,31,32)(H,33,34,35). The summed E-state index contributed by atoms with van der Waals surface area (Å²) in [6.07, 6.45) is 0.661. The molecule has 0 amide bonds. The first-order valence-electron chi connectivity index (χ1n) is 11.2. The van der Waals surface area contributed by atoms with Crippen molar-refractivity contribution in [1.82, 2.24) is 7.42 Å².